The van der Waals surface area contributed by atoms with E-state index < -0.39 is 23.5 Å². The molecule has 166 valence electrons. The molecule has 0 bridgehead atoms. The number of carboxylic acids is 1. The van der Waals surface area contributed by atoms with Gasteiger partial charge in [0.2, 0.25) is 5.88 Å². The lowest BCUT2D eigenvalue weighted by Crippen LogP contribution is -2.49. The average molecular weight is 495 g/mol. The third-order valence-electron chi connectivity index (χ3n) is 4.48. The number of nitrogens with zero attached hydrogens (tertiary/aromatic N) is 2. The summed E-state index contributed by atoms with van der Waals surface area (Å²) in [6.07, 6.45) is 1.82. The first kappa shape index (κ1) is 23.8. The van der Waals surface area contributed by atoms with Gasteiger partial charge in [-0.05, 0) is 43.7 Å². The summed E-state index contributed by atoms with van der Waals surface area (Å²) in [6, 6.07) is 12.1. The van der Waals surface area contributed by atoms with E-state index in [1.165, 1.54) is 26.2 Å². The molecule has 1 heterocycles. The van der Waals surface area contributed by atoms with Gasteiger partial charge in [0.1, 0.15) is 11.2 Å². The van der Waals surface area contributed by atoms with Crippen molar-refractivity contribution < 1.29 is 19.4 Å². The molecular weight excluding hydrogens is 477 g/mol. The third-order valence-corrected chi connectivity index (χ3v) is 5.29. The molecule has 0 saturated carbocycles. The Morgan fingerprint density at radius 1 is 1.00 bits per heavy atom. The largest absolute Gasteiger partial charge is 0.480 e. The summed E-state index contributed by atoms with van der Waals surface area (Å²) in [5, 5.41) is 13.0. The van der Waals surface area contributed by atoms with E-state index in [2.05, 4.69) is 15.3 Å². The minimum absolute atomic E-state index is 0.0563. The van der Waals surface area contributed by atoms with Gasteiger partial charge in [-0.15, -0.1) is 0 Å². The standard InChI is InChI=1S/C22H18Cl3N3O4/c1-22(2,21(30)31)28-20(29)17-10-27-18(11-26-17)32-19(12-3-5-13(23)6-4-12)15-8-7-14(24)9-16(15)25/h3-11,19H,1-2H3,(H,28,29)(H,30,31). The van der Waals surface area contributed by atoms with Crippen molar-refractivity contribution in [3.05, 3.63) is 86.7 Å². The highest BCUT2D eigenvalue weighted by atomic mass is 35.5. The van der Waals surface area contributed by atoms with Crippen LogP contribution in [0.25, 0.3) is 0 Å². The lowest BCUT2D eigenvalue weighted by Gasteiger charge is -2.21. The SMILES string of the molecule is CC(C)(NC(=O)c1cnc(OC(c2ccc(Cl)cc2)c2ccc(Cl)cc2Cl)cn1)C(=O)O. The summed E-state index contributed by atoms with van der Waals surface area (Å²) in [6.45, 7) is 2.73. The van der Waals surface area contributed by atoms with Crippen LogP contribution >= 0.6 is 34.8 Å². The summed E-state index contributed by atoms with van der Waals surface area (Å²) in [5.41, 5.74) is -0.117. The minimum atomic E-state index is -1.46. The Balaban J connectivity index is 1.87. The van der Waals surface area contributed by atoms with Crippen molar-refractivity contribution in [2.75, 3.05) is 0 Å². The molecule has 0 aliphatic carbocycles. The van der Waals surface area contributed by atoms with Gasteiger partial charge in [0.25, 0.3) is 5.91 Å². The molecule has 1 unspecified atom stereocenters. The molecule has 0 spiro atoms. The number of halogens is 3. The molecule has 1 amide bonds. The number of ether oxygens (including phenoxy) is 1. The predicted molar refractivity (Wildman–Crippen MR) is 122 cm³/mol. The van der Waals surface area contributed by atoms with Gasteiger partial charge in [-0.3, -0.25) is 4.79 Å². The second kappa shape index (κ2) is 9.73. The van der Waals surface area contributed by atoms with E-state index >= 15 is 0 Å². The lowest BCUT2D eigenvalue weighted by atomic mass is 10.0. The smallest absolute Gasteiger partial charge is 0.328 e. The van der Waals surface area contributed by atoms with Gasteiger partial charge in [-0.25, -0.2) is 14.8 Å². The molecule has 10 heteroatoms. The van der Waals surface area contributed by atoms with E-state index in [1.807, 2.05) is 0 Å². The van der Waals surface area contributed by atoms with Crippen LogP contribution in [-0.2, 0) is 4.79 Å². The van der Waals surface area contributed by atoms with Crippen LogP contribution in [0.15, 0.2) is 54.9 Å². The molecule has 0 radical (unpaired) electrons. The maximum absolute atomic E-state index is 12.3. The second-order valence-electron chi connectivity index (χ2n) is 7.34. The molecule has 2 aromatic carbocycles. The van der Waals surface area contributed by atoms with Crippen molar-refractivity contribution in [3.8, 4) is 5.88 Å². The number of benzene rings is 2. The van der Waals surface area contributed by atoms with E-state index in [-0.39, 0.29) is 11.6 Å². The minimum Gasteiger partial charge on any atom is -0.480 e. The number of carbonyl (C=O) groups excluding carboxylic acids is 1. The van der Waals surface area contributed by atoms with Crippen LogP contribution in [0, 0.1) is 0 Å². The van der Waals surface area contributed by atoms with Crippen molar-refractivity contribution in [1.29, 1.82) is 0 Å². The van der Waals surface area contributed by atoms with Gasteiger partial charge in [0.15, 0.2) is 6.10 Å². The fourth-order valence-electron chi connectivity index (χ4n) is 2.68. The Morgan fingerprint density at radius 3 is 2.22 bits per heavy atom. The number of aromatic nitrogens is 2. The zero-order valence-corrected chi connectivity index (χ0v) is 19.2. The van der Waals surface area contributed by atoms with Gasteiger partial charge in [0.05, 0.1) is 12.4 Å². The highest BCUT2D eigenvalue weighted by molar-refractivity contribution is 6.35. The zero-order chi connectivity index (χ0) is 23.5. The lowest BCUT2D eigenvalue weighted by molar-refractivity contribution is -0.143. The number of amides is 1. The van der Waals surface area contributed by atoms with Crippen LogP contribution in [0.2, 0.25) is 15.1 Å². The molecule has 3 rings (SSSR count). The molecule has 1 aromatic heterocycles. The predicted octanol–water partition coefficient (Wildman–Crippen LogP) is 5.20. The quantitative estimate of drug-likeness (QED) is 0.468. The highest BCUT2D eigenvalue weighted by Crippen LogP contribution is 2.34. The van der Waals surface area contributed by atoms with E-state index in [4.69, 9.17) is 44.6 Å². The van der Waals surface area contributed by atoms with Crippen molar-refractivity contribution in [2.24, 2.45) is 0 Å². The normalized spacial score (nSPS) is 12.2. The first-order valence-corrected chi connectivity index (χ1v) is 10.5. The second-order valence-corrected chi connectivity index (χ2v) is 8.62. The fourth-order valence-corrected chi connectivity index (χ4v) is 3.31. The Labute approximate surface area is 199 Å². The Morgan fingerprint density at radius 2 is 1.66 bits per heavy atom. The number of hydrogen-bond acceptors (Lipinski definition) is 5. The average Bonchev–Trinajstić information content (AvgIpc) is 2.73. The topological polar surface area (TPSA) is 101 Å². The van der Waals surface area contributed by atoms with E-state index in [0.29, 0.717) is 20.6 Å². The molecule has 0 saturated heterocycles. The van der Waals surface area contributed by atoms with E-state index in [0.717, 1.165) is 5.56 Å². The Bertz CT molecular complexity index is 1140. The first-order valence-electron chi connectivity index (χ1n) is 9.32. The first-order chi connectivity index (χ1) is 15.1. The molecule has 0 fully saturated rings. The van der Waals surface area contributed by atoms with Crippen LogP contribution in [-0.4, -0.2) is 32.5 Å². The molecule has 2 N–H and O–H groups in total. The van der Waals surface area contributed by atoms with Crippen LogP contribution in [0.5, 0.6) is 5.88 Å². The highest BCUT2D eigenvalue weighted by Gasteiger charge is 2.30. The Hall–Kier alpha value is -2.87. The van der Waals surface area contributed by atoms with E-state index in [9.17, 15) is 9.59 Å². The van der Waals surface area contributed by atoms with Crippen LogP contribution < -0.4 is 10.1 Å². The molecule has 0 aliphatic heterocycles. The number of nitrogens with one attached hydrogen (secondary N) is 1. The molecule has 7 nitrogen and oxygen atoms in total. The maximum atomic E-state index is 12.3. The van der Waals surface area contributed by atoms with Gasteiger partial charge < -0.3 is 15.2 Å². The molecule has 32 heavy (non-hydrogen) atoms. The van der Waals surface area contributed by atoms with Gasteiger partial charge >= 0.3 is 5.97 Å². The summed E-state index contributed by atoms with van der Waals surface area (Å²) in [7, 11) is 0. The summed E-state index contributed by atoms with van der Waals surface area (Å²) in [4.78, 5) is 31.7. The monoisotopic (exact) mass is 493 g/mol. The van der Waals surface area contributed by atoms with Crippen LogP contribution in [0.1, 0.15) is 41.6 Å². The fraction of sp³-hybridized carbons (Fsp3) is 0.182. The van der Waals surface area contributed by atoms with Crippen LogP contribution in [0.3, 0.4) is 0 Å². The maximum Gasteiger partial charge on any atom is 0.328 e. The van der Waals surface area contributed by atoms with E-state index in [1.54, 1.807) is 42.5 Å². The molecular formula is C22H18Cl3N3O4. The Kier molecular flexibility index (Phi) is 7.23. The number of carboxylic acid groups (broad SMARTS) is 1. The molecule has 3 aromatic rings. The van der Waals surface area contributed by atoms with Crippen molar-refractivity contribution >= 4 is 46.7 Å². The molecule has 0 aliphatic rings. The third kappa shape index (κ3) is 5.68. The van der Waals surface area contributed by atoms with Crippen molar-refractivity contribution in [3.63, 3.8) is 0 Å². The zero-order valence-electron chi connectivity index (χ0n) is 17.0. The van der Waals surface area contributed by atoms with Crippen molar-refractivity contribution in [1.82, 2.24) is 15.3 Å². The van der Waals surface area contributed by atoms with Gasteiger partial charge in [-0.2, -0.15) is 0 Å². The van der Waals surface area contributed by atoms with Gasteiger partial charge in [0, 0.05) is 20.6 Å². The summed E-state index contributed by atoms with van der Waals surface area (Å²) >= 11 is 18.4. The van der Waals surface area contributed by atoms with Crippen LogP contribution in [0.4, 0.5) is 0 Å². The number of rotatable bonds is 7. The van der Waals surface area contributed by atoms with Crippen molar-refractivity contribution in [2.45, 2.75) is 25.5 Å². The summed E-state index contributed by atoms with van der Waals surface area (Å²) in [5.74, 6) is -1.72. The number of aliphatic carboxylic acids is 1. The number of hydrogen-bond donors (Lipinski definition) is 2. The molecule has 1 atom stereocenters. The van der Waals surface area contributed by atoms with Gasteiger partial charge in [-0.1, -0.05) is 53.0 Å². The summed E-state index contributed by atoms with van der Waals surface area (Å²) < 4.78 is 6.05. The number of carbonyl (C=O) groups is 2.